The number of nitrogens with two attached hydrogens (primary N) is 2. The molecule has 0 amide bonds. The number of aromatic nitrogens is 2. The molecule has 2 heterocycles. The van der Waals surface area contributed by atoms with E-state index in [4.69, 9.17) is 11.5 Å². The highest BCUT2D eigenvalue weighted by Crippen LogP contribution is 2.41. The predicted molar refractivity (Wildman–Crippen MR) is 102 cm³/mol. The Balaban J connectivity index is 1.90. The van der Waals surface area contributed by atoms with Gasteiger partial charge in [-0.2, -0.15) is 10.1 Å². The average molecular weight is 367 g/mol. The van der Waals surface area contributed by atoms with Crippen LogP contribution in [0.3, 0.4) is 0 Å². The number of benzene rings is 1. The number of carboxylic acid groups (broad SMARTS) is 1. The molecule has 1 aromatic carbocycles. The maximum Gasteiger partial charge on any atom is 0.337 e. The lowest BCUT2D eigenvalue weighted by atomic mass is 9.87. The minimum Gasteiger partial charge on any atom is -0.478 e. The van der Waals surface area contributed by atoms with Gasteiger partial charge in [0.1, 0.15) is 5.66 Å². The van der Waals surface area contributed by atoms with E-state index in [0.717, 1.165) is 37.8 Å². The molecule has 0 saturated heterocycles. The first-order valence-corrected chi connectivity index (χ1v) is 8.87. The molecule has 1 aliphatic heterocycles. The monoisotopic (exact) mass is 367 g/mol. The van der Waals surface area contributed by atoms with Gasteiger partial charge in [0.25, 0.3) is 0 Å². The van der Waals surface area contributed by atoms with Crippen molar-refractivity contribution in [2.24, 2.45) is 21.5 Å². The highest BCUT2D eigenvalue weighted by atomic mass is 16.4. The molecule has 27 heavy (non-hydrogen) atoms. The van der Waals surface area contributed by atoms with E-state index in [1.165, 1.54) is 0 Å². The highest BCUT2D eigenvalue weighted by Gasteiger charge is 2.43. The number of anilines is 1. The lowest BCUT2D eigenvalue weighted by molar-refractivity contribution is 0.0697. The number of guanidine groups is 2. The van der Waals surface area contributed by atoms with Crippen molar-refractivity contribution in [3.8, 4) is 5.69 Å². The molecule has 1 aromatic heterocycles. The van der Waals surface area contributed by atoms with Gasteiger partial charge >= 0.3 is 5.97 Å². The number of carbonyl (C=O) groups is 1. The van der Waals surface area contributed by atoms with Crippen molar-refractivity contribution >= 4 is 23.6 Å². The second-order valence-corrected chi connectivity index (χ2v) is 6.78. The molecule has 0 atom stereocenters. The molecule has 0 bridgehead atoms. The Labute approximate surface area is 156 Å². The molecule has 140 valence electrons. The third-order valence-electron chi connectivity index (χ3n) is 5.07. The van der Waals surface area contributed by atoms with E-state index in [2.05, 4.69) is 15.1 Å². The van der Waals surface area contributed by atoms with Gasteiger partial charge in [0.2, 0.25) is 11.9 Å². The Kier molecular flexibility index (Phi) is 4.06. The van der Waals surface area contributed by atoms with Crippen LogP contribution in [0, 0.1) is 0 Å². The molecule has 4 rings (SSSR count). The summed E-state index contributed by atoms with van der Waals surface area (Å²) in [5, 5.41) is 14.0. The first kappa shape index (κ1) is 17.1. The molecule has 1 fully saturated rings. The summed E-state index contributed by atoms with van der Waals surface area (Å²) >= 11 is 0. The molecular formula is C18H21N7O2. The van der Waals surface area contributed by atoms with Crippen LogP contribution in [0.2, 0.25) is 0 Å². The summed E-state index contributed by atoms with van der Waals surface area (Å²) in [6.45, 7) is 0. The molecule has 1 aliphatic carbocycles. The fourth-order valence-corrected chi connectivity index (χ4v) is 3.92. The third-order valence-corrected chi connectivity index (χ3v) is 5.07. The Morgan fingerprint density at radius 1 is 1.19 bits per heavy atom. The van der Waals surface area contributed by atoms with Crippen LogP contribution in [-0.2, 0) is 0 Å². The topological polar surface area (TPSA) is 135 Å². The zero-order chi connectivity index (χ0) is 19.0. The summed E-state index contributed by atoms with van der Waals surface area (Å²) in [7, 11) is 0. The van der Waals surface area contributed by atoms with Crippen LogP contribution in [0.5, 0.6) is 0 Å². The minimum atomic E-state index is -1.04. The Morgan fingerprint density at radius 2 is 1.96 bits per heavy atom. The van der Waals surface area contributed by atoms with E-state index in [1.54, 1.807) is 46.2 Å². The molecule has 2 aromatic rings. The van der Waals surface area contributed by atoms with E-state index >= 15 is 0 Å². The summed E-state index contributed by atoms with van der Waals surface area (Å²) in [5.74, 6) is -0.756. The van der Waals surface area contributed by atoms with Crippen LogP contribution in [0.4, 0.5) is 5.69 Å². The van der Waals surface area contributed by atoms with Gasteiger partial charge in [0.15, 0.2) is 0 Å². The SMILES string of the molecule is NC1=NC2(CCCCC2)N(c2cc(-n3cccn3)ccc2C(=O)O)C(N)=N1. The highest BCUT2D eigenvalue weighted by molar-refractivity contribution is 6.09. The zero-order valence-electron chi connectivity index (χ0n) is 14.7. The van der Waals surface area contributed by atoms with E-state index in [0.29, 0.717) is 5.69 Å². The van der Waals surface area contributed by atoms with Crippen molar-refractivity contribution in [1.82, 2.24) is 9.78 Å². The number of aromatic carboxylic acids is 1. The van der Waals surface area contributed by atoms with Gasteiger partial charge < -0.3 is 16.6 Å². The lowest BCUT2D eigenvalue weighted by Crippen LogP contribution is -2.58. The maximum absolute atomic E-state index is 11.9. The Hall–Kier alpha value is -3.36. The van der Waals surface area contributed by atoms with Crippen molar-refractivity contribution in [3.05, 3.63) is 42.2 Å². The molecule has 2 aliphatic rings. The number of hydrogen-bond acceptors (Lipinski definition) is 7. The predicted octanol–water partition coefficient (Wildman–Crippen LogP) is 1.68. The second kappa shape index (κ2) is 6.42. The van der Waals surface area contributed by atoms with Crippen LogP contribution in [0.15, 0.2) is 46.6 Å². The Bertz CT molecular complexity index is 927. The molecule has 1 saturated carbocycles. The van der Waals surface area contributed by atoms with Crippen LogP contribution in [0.25, 0.3) is 5.69 Å². The molecule has 0 unspecified atom stereocenters. The number of nitrogens with zero attached hydrogens (tertiary/aromatic N) is 5. The van der Waals surface area contributed by atoms with Crippen LogP contribution in [0.1, 0.15) is 42.5 Å². The molecule has 0 radical (unpaired) electrons. The van der Waals surface area contributed by atoms with E-state index in [9.17, 15) is 9.90 Å². The van der Waals surface area contributed by atoms with Gasteiger partial charge in [-0.1, -0.05) is 6.42 Å². The average Bonchev–Trinajstić information content (AvgIpc) is 3.16. The van der Waals surface area contributed by atoms with E-state index in [-0.39, 0.29) is 17.5 Å². The maximum atomic E-state index is 11.9. The van der Waals surface area contributed by atoms with Gasteiger partial charge in [-0.25, -0.2) is 14.5 Å². The third kappa shape index (κ3) is 2.90. The van der Waals surface area contributed by atoms with Crippen molar-refractivity contribution in [2.45, 2.75) is 37.8 Å². The van der Waals surface area contributed by atoms with Crippen molar-refractivity contribution < 1.29 is 9.90 Å². The Morgan fingerprint density at radius 3 is 2.63 bits per heavy atom. The standard InChI is InChI=1S/C18H21N7O2/c19-16-22-17(20)25(18(23-16)7-2-1-3-8-18)14-11-12(24-10-4-9-21-24)5-6-13(14)15(26)27/h4-6,9-11H,1-3,7-8H2,(H,26,27)(H4,19,20,22,23). The smallest absolute Gasteiger partial charge is 0.337 e. The fourth-order valence-electron chi connectivity index (χ4n) is 3.92. The number of rotatable bonds is 3. The first-order chi connectivity index (χ1) is 13.0. The van der Waals surface area contributed by atoms with Crippen LogP contribution < -0.4 is 16.4 Å². The number of hydrogen-bond donors (Lipinski definition) is 3. The van der Waals surface area contributed by atoms with E-state index < -0.39 is 11.6 Å². The van der Waals surface area contributed by atoms with Gasteiger partial charge in [-0.3, -0.25) is 4.90 Å². The van der Waals surface area contributed by atoms with Crippen molar-refractivity contribution in [2.75, 3.05) is 4.90 Å². The minimum absolute atomic E-state index is 0.129. The lowest BCUT2D eigenvalue weighted by Gasteiger charge is -2.46. The van der Waals surface area contributed by atoms with Crippen molar-refractivity contribution in [1.29, 1.82) is 0 Å². The molecule has 1 spiro atoms. The molecule has 5 N–H and O–H groups in total. The molecule has 9 heteroatoms. The molecule has 9 nitrogen and oxygen atoms in total. The summed E-state index contributed by atoms with van der Waals surface area (Å²) in [4.78, 5) is 22.4. The zero-order valence-corrected chi connectivity index (χ0v) is 14.7. The number of carboxylic acids is 1. The summed E-state index contributed by atoms with van der Waals surface area (Å²) in [6.07, 6.45) is 7.93. The second-order valence-electron chi connectivity index (χ2n) is 6.78. The summed E-state index contributed by atoms with van der Waals surface area (Å²) < 4.78 is 1.66. The van der Waals surface area contributed by atoms with Crippen molar-refractivity contribution in [3.63, 3.8) is 0 Å². The van der Waals surface area contributed by atoms with Gasteiger partial charge in [0.05, 0.1) is 16.9 Å². The largest absolute Gasteiger partial charge is 0.478 e. The first-order valence-electron chi connectivity index (χ1n) is 8.87. The van der Waals surface area contributed by atoms with Crippen LogP contribution in [-0.4, -0.2) is 38.4 Å². The van der Waals surface area contributed by atoms with Crippen LogP contribution >= 0.6 is 0 Å². The normalized spacial score (nSPS) is 18.9. The van der Waals surface area contributed by atoms with E-state index in [1.807, 2.05) is 0 Å². The number of aliphatic imine (C=N–C) groups is 2. The van der Waals surface area contributed by atoms with Gasteiger partial charge in [-0.15, -0.1) is 0 Å². The van der Waals surface area contributed by atoms with Gasteiger partial charge in [-0.05, 0) is 49.9 Å². The molecular weight excluding hydrogens is 346 g/mol. The fraction of sp³-hybridized carbons (Fsp3) is 0.333. The summed E-state index contributed by atoms with van der Waals surface area (Å²) in [6, 6.07) is 6.82. The van der Waals surface area contributed by atoms with Gasteiger partial charge in [0, 0.05) is 12.4 Å². The quantitative estimate of drug-likeness (QED) is 0.755. The summed E-state index contributed by atoms with van der Waals surface area (Å²) in [5.41, 5.74) is 12.7.